The monoisotopic (exact) mass is 447 g/mol. The van der Waals surface area contributed by atoms with Crippen LogP contribution >= 0.6 is 15.9 Å². The molecule has 27 heavy (non-hydrogen) atoms. The molecule has 0 bridgehead atoms. The first-order valence-corrected chi connectivity index (χ1v) is 11.4. The van der Waals surface area contributed by atoms with Crippen LogP contribution in [0.5, 0.6) is 0 Å². The molecule has 0 atom stereocenters. The third-order valence-corrected chi connectivity index (χ3v) is 7.04. The van der Waals surface area contributed by atoms with E-state index in [1.807, 2.05) is 24.3 Å². The first-order valence-electron chi connectivity index (χ1n) is 8.94. The van der Waals surface area contributed by atoms with Gasteiger partial charge in [0.25, 0.3) is 0 Å². The van der Waals surface area contributed by atoms with E-state index in [1.54, 1.807) is 24.3 Å². The van der Waals surface area contributed by atoms with Crippen molar-refractivity contribution in [2.24, 2.45) is 0 Å². The van der Waals surface area contributed by atoms with Crippen molar-refractivity contribution < 1.29 is 8.42 Å². The molecule has 0 spiro atoms. The van der Waals surface area contributed by atoms with E-state index in [4.69, 9.17) is 5.26 Å². The number of benzene rings is 2. The standard InChI is InChI=1S/C20H22BrN3O2S/c21-18-4-8-20(9-5-18)27(25,26)15-14-23-10-1-11-24(13-12-23)19-6-2-17(16-22)3-7-19/h2-9H,1,10-15H2. The fourth-order valence-electron chi connectivity index (χ4n) is 3.21. The van der Waals surface area contributed by atoms with Gasteiger partial charge in [-0.2, -0.15) is 5.26 Å². The van der Waals surface area contributed by atoms with Gasteiger partial charge in [-0.3, -0.25) is 0 Å². The quantitative estimate of drug-likeness (QED) is 0.703. The Hall–Kier alpha value is -1.88. The SMILES string of the molecule is N#Cc1ccc(N2CCCN(CCS(=O)(=O)c3ccc(Br)cc3)CC2)cc1. The Morgan fingerprint density at radius 2 is 1.67 bits per heavy atom. The predicted octanol–water partition coefficient (Wildman–Crippen LogP) is 3.31. The average Bonchev–Trinajstić information content (AvgIpc) is 2.93. The molecular weight excluding hydrogens is 426 g/mol. The van der Waals surface area contributed by atoms with E-state index < -0.39 is 9.84 Å². The van der Waals surface area contributed by atoms with Gasteiger partial charge < -0.3 is 9.80 Å². The largest absolute Gasteiger partial charge is 0.370 e. The molecule has 1 saturated heterocycles. The van der Waals surface area contributed by atoms with E-state index >= 15 is 0 Å². The van der Waals surface area contributed by atoms with Gasteiger partial charge in [-0.25, -0.2) is 8.42 Å². The molecule has 7 heteroatoms. The number of hydrogen-bond acceptors (Lipinski definition) is 5. The Bertz CT molecular complexity index is 906. The second-order valence-corrected chi connectivity index (χ2v) is 9.64. The Balaban J connectivity index is 1.56. The number of nitrogens with zero attached hydrogens (tertiary/aromatic N) is 3. The molecule has 0 N–H and O–H groups in total. The smallest absolute Gasteiger partial charge is 0.179 e. The summed E-state index contributed by atoms with van der Waals surface area (Å²) in [5, 5.41) is 8.92. The van der Waals surface area contributed by atoms with Gasteiger partial charge in [0.2, 0.25) is 0 Å². The van der Waals surface area contributed by atoms with E-state index in [2.05, 4.69) is 31.8 Å². The minimum Gasteiger partial charge on any atom is -0.370 e. The summed E-state index contributed by atoms with van der Waals surface area (Å²) in [6, 6.07) is 16.6. The number of hydrogen-bond donors (Lipinski definition) is 0. The number of nitriles is 1. The van der Waals surface area contributed by atoms with Crippen LogP contribution in [0.25, 0.3) is 0 Å². The van der Waals surface area contributed by atoms with Crippen molar-refractivity contribution >= 4 is 31.5 Å². The maximum absolute atomic E-state index is 12.5. The van der Waals surface area contributed by atoms with Gasteiger partial charge in [0, 0.05) is 36.3 Å². The van der Waals surface area contributed by atoms with Gasteiger partial charge in [-0.05, 0) is 61.5 Å². The molecule has 0 aliphatic carbocycles. The lowest BCUT2D eigenvalue weighted by Gasteiger charge is -2.23. The highest BCUT2D eigenvalue weighted by Gasteiger charge is 2.19. The van der Waals surface area contributed by atoms with Crippen molar-refractivity contribution in [2.45, 2.75) is 11.3 Å². The third-order valence-electron chi connectivity index (χ3n) is 4.80. The van der Waals surface area contributed by atoms with E-state index in [-0.39, 0.29) is 5.75 Å². The molecule has 142 valence electrons. The molecule has 0 aromatic heterocycles. The molecule has 2 aromatic rings. The van der Waals surface area contributed by atoms with Gasteiger partial charge in [0.15, 0.2) is 9.84 Å². The molecule has 0 radical (unpaired) electrons. The minimum atomic E-state index is -3.27. The molecule has 1 heterocycles. The molecule has 5 nitrogen and oxygen atoms in total. The van der Waals surface area contributed by atoms with Crippen LogP contribution in [0.2, 0.25) is 0 Å². The van der Waals surface area contributed by atoms with Crippen LogP contribution in [0.3, 0.4) is 0 Å². The van der Waals surface area contributed by atoms with Crippen LogP contribution in [0.4, 0.5) is 5.69 Å². The summed E-state index contributed by atoms with van der Waals surface area (Å²) in [6.45, 7) is 4.05. The molecule has 1 aliphatic heterocycles. The molecule has 1 aliphatic rings. The first-order chi connectivity index (χ1) is 13.0. The van der Waals surface area contributed by atoms with Gasteiger partial charge in [-0.15, -0.1) is 0 Å². The summed E-state index contributed by atoms with van der Waals surface area (Å²) in [5.41, 5.74) is 1.77. The summed E-state index contributed by atoms with van der Waals surface area (Å²) in [4.78, 5) is 4.89. The molecule has 2 aromatic carbocycles. The average molecular weight is 448 g/mol. The minimum absolute atomic E-state index is 0.130. The van der Waals surface area contributed by atoms with Crippen molar-refractivity contribution in [3.63, 3.8) is 0 Å². The van der Waals surface area contributed by atoms with Gasteiger partial charge in [-0.1, -0.05) is 15.9 Å². The Kier molecular flexibility index (Phi) is 6.53. The summed E-state index contributed by atoms with van der Waals surface area (Å²) < 4.78 is 26.0. The Labute approximate surface area is 169 Å². The molecule has 0 saturated carbocycles. The maximum atomic E-state index is 12.5. The zero-order valence-corrected chi connectivity index (χ0v) is 17.4. The van der Waals surface area contributed by atoms with Crippen LogP contribution in [-0.2, 0) is 9.84 Å². The van der Waals surface area contributed by atoms with Crippen LogP contribution < -0.4 is 4.90 Å². The summed E-state index contributed by atoms with van der Waals surface area (Å²) in [5.74, 6) is 0.130. The second-order valence-electron chi connectivity index (χ2n) is 6.61. The zero-order valence-electron chi connectivity index (χ0n) is 15.0. The lowest BCUT2D eigenvalue weighted by molar-refractivity contribution is 0.310. The number of sulfone groups is 1. The molecule has 0 unspecified atom stereocenters. The third kappa shape index (κ3) is 5.32. The first kappa shape index (κ1) is 19.9. The van der Waals surface area contributed by atoms with E-state index in [0.29, 0.717) is 17.0 Å². The number of halogens is 1. The van der Waals surface area contributed by atoms with E-state index in [9.17, 15) is 8.42 Å². The lowest BCUT2D eigenvalue weighted by atomic mass is 10.2. The number of rotatable bonds is 5. The highest BCUT2D eigenvalue weighted by Crippen LogP contribution is 2.19. The van der Waals surface area contributed by atoms with Gasteiger partial charge in [0.05, 0.1) is 22.3 Å². The van der Waals surface area contributed by atoms with Crippen LogP contribution in [0, 0.1) is 11.3 Å². The van der Waals surface area contributed by atoms with Crippen molar-refractivity contribution in [1.29, 1.82) is 5.26 Å². The Morgan fingerprint density at radius 3 is 2.33 bits per heavy atom. The predicted molar refractivity (Wildman–Crippen MR) is 111 cm³/mol. The Morgan fingerprint density at radius 1 is 0.963 bits per heavy atom. The summed E-state index contributed by atoms with van der Waals surface area (Å²) in [7, 11) is -3.27. The lowest BCUT2D eigenvalue weighted by Crippen LogP contribution is -2.33. The molecule has 3 rings (SSSR count). The van der Waals surface area contributed by atoms with Crippen LogP contribution in [0.15, 0.2) is 57.9 Å². The van der Waals surface area contributed by atoms with Crippen LogP contribution in [0.1, 0.15) is 12.0 Å². The van der Waals surface area contributed by atoms with Gasteiger partial charge in [0.1, 0.15) is 0 Å². The van der Waals surface area contributed by atoms with Crippen molar-refractivity contribution in [3.05, 3.63) is 58.6 Å². The summed E-state index contributed by atoms with van der Waals surface area (Å²) >= 11 is 3.33. The number of anilines is 1. The normalized spacial score (nSPS) is 15.9. The highest BCUT2D eigenvalue weighted by molar-refractivity contribution is 9.10. The topological polar surface area (TPSA) is 64.4 Å². The maximum Gasteiger partial charge on any atom is 0.179 e. The van der Waals surface area contributed by atoms with Gasteiger partial charge >= 0.3 is 0 Å². The second kappa shape index (κ2) is 8.87. The molecular formula is C20H22BrN3O2S. The van der Waals surface area contributed by atoms with Crippen molar-refractivity contribution in [1.82, 2.24) is 4.90 Å². The fraction of sp³-hybridized carbons (Fsp3) is 0.350. The fourth-order valence-corrected chi connectivity index (χ4v) is 4.76. The van der Waals surface area contributed by atoms with E-state index in [1.165, 1.54) is 0 Å². The van der Waals surface area contributed by atoms with Crippen molar-refractivity contribution in [3.8, 4) is 6.07 Å². The van der Waals surface area contributed by atoms with E-state index in [0.717, 1.165) is 42.8 Å². The van der Waals surface area contributed by atoms with Crippen LogP contribution in [-0.4, -0.2) is 51.8 Å². The molecule has 1 fully saturated rings. The molecule has 0 amide bonds. The summed E-state index contributed by atoms with van der Waals surface area (Å²) in [6.07, 6.45) is 0.984. The highest BCUT2D eigenvalue weighted by atomic mass is 79.9. The zero-order chi connectivity index (χ0) is 19.3. The van der Waals surface area contributed by atoms with Crippen molar-refractivity contribution in [2.75, 3.05) is 43.4 Å².